The minimum absolute atomic E-state index is 0.0293. The molecule has 0 spiro atoms. The molecule has 0 rings (SSSR count). The molecule has 14 heteroatoms. The Labute approximate surface area is 347 Å². The molecule has 13 nitrogen and oxygen atoms in total. The topological polar surface area (TPSA) is 212 Å². The summed E-state index contributed by atoms with van der Waals surface area (Å²) in [6.45, 7) is 2.36. The first kappa shape index (κ1) is 54.6. The number of carbonyl (C=O) groups is 3. The predicted octanol–water partition coefficient (Wildman–Crippen LogP) is 8.66. The van der Waals surface area contributed by atoms with Crippen LogP contribution in [0.3, 0.4) is 0 Å². The number of esters is 2. The Balaban J connectivity index is 4.66. The van der Waals surface area contributed by atoms with Crippen LogP contribution in [0.2, 0.25) is 0 Å². The van der Waals surface area contributed by atoms with Gasteiger partial charge in [0.1, 0.15) is 12.6 Å². The SMILES string of the molecule is CC/C=C\C[C@@H](O)/C=C/C=C\C/C=C\C=C\[C@@H](O)/C=C\CCCC(=O)OC[C@H](COP(=O)(O)OC[C@H](N)C(=O)O)OC(=O)CCCCCCC/C=C\CCCCCC. The van der Waals surface area contributed by atoms with Crippen LogP contribution in [-0.2, 0) is 37.5 Å². The Morgan fingerprint density at radius 2 is 1.26 bits per heavy atom. The number of hydrogen-bond donors (Lipinski definition) is 5. The van der Waals surface area contributed by atoms with E-state index in [-0.39, 0.29) is 12.8 Å². The van der Waals surface area contributed by atoms with Crippen molar-refractivity contribution in [1.29, 1.82) is 0 Å². The number of carboxylic acids is 1. The van der Waals surface area contributed by atoms with Crippen molar-refractivity contribution in [3.63, 3.8) is 0 Å². The fourth-order valence-corrected chi connectivity index (χ4v) is 5.75. The molecule has 0 bridgehead atoms. The first-order valence-corrected chi connectivity index (χ1v) is 22.3. The molecule has 0 aromatic heterocycles. The van der Waals surface area contributed by atoms with Gasteiger partial charge >= 0.3 is 25.7 Å². The Morgan fingerprint density at radius 3 is 1.93 bits per heavy atom. The average molecular weight is 838 g/mol. The van der Waals surface area contributed by atoms with Gasteiger partial charge < -0.3 is 35.4 Å². The quantitative estimate of drug-likeness (QED) is 0.0130. The van der Waals surface area contributed by atoms with E-state index in [0.29, 0.717) is 32.1 Å². The van der Waals surface area contributed by atoms with Crippen molar-refractivity contribution in [1.82, 2.24) is 0 Å². The highest BCUT2D eigenvalue weighted by molar-refractivity contribution is 7.47. The number of ether oxygens (including phenoxy) is 2. The van der Waals surface area contributed by atoms with Gasteiger partial charge in [-0.1, -0.05) is 137 Å². The largest absolute Gasteiger partial charge is 0.480 e. The van der Waals surface area contributed by atoms with Crippen LogP contribution in [0.1, 0.15) is 129 Å². The number of phosphoric ester groups is 1. The van der Waals surface area contributed by atoms with Crippen LogP contribution in [0, 0.1) is 0 Å². The zero-order valence-corrected chi connectivity index (χ0v) is 35.7. The van der Waals surface area contributed by atoms with Gasteiger partial charge in [-0.25, -0.2) is 4.57 Å². The van der Waals surface area contributed by atoms with Crippen molar-refractivity contribution in [3.05, 3.63) is 85.1 Å². The van der Waals surface area contributed by atoms with Gasteiger partial charge in [-0.2, -0.15) is 0 Å². The summed E-state index contributed by atoms with van der Waals surface area (Å²) in [6.07, 6.45) is 38.7. The summed E-state index contributed by atoms with van der Waals surface area (Å²) in [7, 11) is -4.77. The summed E-state index contributed by atoms with van der Waals surface area (Å²) in [5.41, 5.74) is 5.31. The van der Waals surface area contributed by atoms with Crippen molar-refractivity contribution in [2.24, 2.45) is 5.73 Å². The molecule has 0 fully saturated rings. The standard InChI is InChI=1S/C44H72NO12P/c1-3-5-7-8-9-10-11-12-13-14-18-21-27-34-43(49)57-40(36-55-58(52,53)56-37-41(45)44(50)51)35-54-42(48)33-28-22-26-32-39(47)31-25-20-17-15-16-19-24-30-38(46)29-23-6-4-2/h6,10-11,16-17,19-20,23-26,30-32,38-41,46-47H,3-5,7-9,12-15,18,21-22,27-29,33-37,45H2,1-2H3,(H,50,51)(H,52,53)/b11-10-,19-16-,20-17-,23-6-,30-24+,31-25+,32-26-/t38-,39-,40-,41+/m1/s1. The summed E-state index contributed by atoms with van der Waals surface area (Å²) in [5.74, 6) is -2.61. The Bertz CT molecular complexity index is 1340. The number of aliphatic hydroxyl groups excluding tert-OH is 2. The van der Waals surface area contributed by atoms with E-state index in [1.54, 1.807) is 30.4 Å². The van der Waals surface area contributed by atoms with Gasteiger partial charge in [0, 0.05) is 12.8 Å². The van der Waals surface area contributed by atoms with E-state index in [0.717, 1.165) is 44.9 Å². The van der Waals surface area contributed by atoms with Gasteiger partial charge in [-0.15, -0.1) is 0 Å². The first-order chi connectivity index (χ1) is 27.9. The van der Waals surface area contributed by atoms with Crippen LogP contribution in [-0.4, -0.2) is 82.3 Å². The number of hydrogen-bond acceptors (Lipinski definition) is 11. The first-order valence-electron chi connectivity index (χ1n) is 20.8. The molecule has 0 aliphatic rings. The van der Waals surface area contributed by atoms with Crippen LogP contribution in [0.15, 0.2) is 85.1 Å². The molecule has 0 amide bonds. The third-order valence-corrected chi connectivity index (χ3v) is 9.25. The molecule has 58 heavy (non-hydrogen) atoms. The van der Waals surface area contributed by atoms with E-state index in [4.69, 9.17) is 24.8 Å². The second-order valence-corrected chi connectivity index (χ2v) is 15.2. The van der Waals surface area contributed by atoms with E-state index >= 15 is 0 Å². The Morgan fingerprint density at radius 1 is 0.655 bits per heavy atom. The Kier molecular flexibility index (Phi) is 35.6. The van der Waals surface area contributed by atoms with Gasteiger partial charge in [0.05, 0.1) is 25.4 Å². The summed E-state index contributed by atoms with van der Waals surface area (Å²) in [5, 5.41) is 28.8. The van der Waals surface area contributed by atoms with Gasteiger partial charge in [0.15, 0.2) is 6.10 Å². The number of aliphatic carboxylic acids is 1. The van der Waals surface area contributed by atoms with Crippen LogP contribution in [0.4, 0.5) is 0 Å². The second kappa shape index (κ2) is 37.8. The van der Waals surface area contributed by atoms with E-state index in [2.05, 4.69) is 23.6 Å². The van der Waals surface area contributed by atoms with E-state index in [1.165, 1.54) is 25.7 Å². The van der Waals surface area contributed by atoms with Crippen LogP contribution >= 0.6 is 7.82 Å². The fourth-order valence-electron chi connectivity index (χ4n) is 4.97. The second-order valence-electron chi connectivity index (χ2n) is 13.8. The highest BCUT2D eigenvalue weighted by atomic mass is 31.2. The molecular formula is C44H72NO12P. The van der Waals surface area contributed by atoms with Crippen molar-refractivity contribution in [2.45, 2.75) is 154 Å². The molecule has 330 valence electrons. The molecule has 0 saturated carbocycles. The van der Waals surface area contributed by atoms with Crippen LogP contribution in [0.25, 0.3) is 0 Å². The van der Waals surface area contributed by atoms with Crippen molar-refractivity contribution >= 4 is 25.7 Å². The normalized spacial score (nSPS) is 15.7. The number of rotatable bonds is 37. The highest BCUT2D eigenvalue weighted by Crippen LogP contribution is 2.43. The molecule has 6 N–H and O–H groups in total. The number of unbranched alkanes of at least 4 members (excludes halogenated alkanes) is 10. The molecule has 0 radical (unpaired) electrons. The molecule has 0 aromatic rings. The smallest absolute Gasteiger partial charge is 0.472 e. The lowest BCUT2D eigenvalue weighted by Crippen LogP contribution is -2.34. The van der Waals surface area contributed by atoms with Crippen molar-refractivity contribution < 1.29 is 57.7 Å². The van der Waals surface area contributed by atoms with E-state index < -0.39 is 69.9 Å². The summed E-state index contributed by atoms with van der Waals surface area (Å²) in [4.78, 5) is 45.9. The maximum atomic E-state index is 12.6. The van der Waals surface area contributed by atoms with Gasteiger partial charge in [-0.05, 0) is 64.2 Å². The van der Waals surface area contributed by atoms with Gasteiger partial charge in [-0.3, -0.25) is 23.4 Å². The highest BCUT2D eigenvalue weighted by Gasteiger charge is 2.28. The Hall–Kier alpha value is -3.42. The minimum atomic E-state index is -4.77. The lowest BCUT2D eigenvalue weighted by molar-refractivity contribution is -0.161. The summed E-state index contributed by atoms with van der Waals surface area (Å²) >= 11 is 0. The summed E-state index contributed by atoms with van der Waals surface area (Å²) < 4.78 is 32.5. The zero-order valence-electron chi connectivity index (χ0n) is 34.8. The predicted molar refractivity (Wildman–Crippen MR) is 229 cm³/mol. The number of allylic oxidation sites excluding steroid dienone is 10. The molecule has 0 aliphatic heterocycles. The third kappa shape index (κ3) is 36.9. The molecular weight excluding hydrogens is 765 g/mol. The lowest BCUT2D eigenvalue weighted by Gasteiger charge is -2.20. The molecule has 1 unspecified atom stereocenters. The summed E-state index contributed by atoms with van der Waals surface area (Å²) in [6, 6.07) is -1.56. The zero-order chi connectivity index (χ0) is 43.1. The average Bonchev–Trinajstić information content (AvgIpc) is 3.19. The van der Waals surface area contributed by atoms with Gasteiger partial charge in [0.2, 0.25) is 0 Å². The molecule has 0 aromatic carbocycles. The molecule has 0 heterocycles. The van der Waals surface area contributed by atoms with Crippen LogP contribution in [0.5, 0.6) is 0 Å². The van der Waals surface area contributed by atoms with Crippen molar-refractivity contribution in [2.75, 3.05) is 19.8 Å². The number of phosphoric acid groups is 1. The van der Waals surface area contributed by atoms with Crippen LogP contribution < -0.4 is 5.73 Å². The third-order valence-electron chi connectivity index (χ3n) is 8.30. The molecule has 5 atom stereocenters. The van der Waals surface area contributed by atoms with E-state index in [1.807, 2.05) is 49.5 Å². The fraction of sp³-hybridized carbons (Fsp3) is 0.614. The lowest BCUT2D eigenvalue weighted by atomic mass is 10.1. The number of carbonyl (C=O) groups excluding carboxylic acids is 2. The maximum absolute atomic E-state index is 12.6. The number of carboxylic acid groups (broad SMARTS) is 1. The van der Waals surface area contributed by atoms with E-state index in [9.17, 15) is 34.1 Å². The molecule has 0 aliphatic carbocycles. The monoisotopic (exact) mass is 837 g/mol. The van der Waals surface area contributed by atoms with Gasteiger partial charge in [0.25, 0.3) is 0 Å². The molecule has 0 saturated heterocycles. The minimum Gasteiger partial charge on any atom is -0.480 e. The van der Waals surface area contributed by atoms with Crippen molar-refractivity contribution in [3.8, 4) is 0 Å². The maximum Gasteiger partial charge on any atom is 0.472 e. The number of aliphatic hydroxyl groups is 2. The number of nitrogens with two attached hydrogens (primary N) is 1.